The highest BCUT2D eigenvalue weighted by Gasteiger charge is 2.30. The lowest BCUT2D eigenvalue weighted by molar-refractivity contribution is 0.280. The first kappa shape index (κ1) is 14.0. The first-order valence-corrected chi connectivity index (χ1v) is 8.10. The summed E-state index contributed by atoms with van der Waals surface area (Å²) in [6, 6.07) is 3.99. The van der Waals surface area contributed by atoms with Crippen LogP contribution in [0.2, 0.25) is 0 Å². The topological polar surface area (TPSA) is 37.4 Å². The molecule has 1 aromatic carbocycles. The fourth-order valence-corrected chi connectivity index (χ4v) is 4.38. The maximum Gasteiger partial charge on any atom is 0.246 e. The number of halogens is 2. The van der Waals surface area contributed by atoms with Crippen molar-refractivity contribution in [3.63, 3.8) is 0 Å². The van der Waals surface area contributed by atoms with Crippen molar-refractivity contribution < 1.29 is 12.8 Å². The average molecular weight is 336 g/mol. The van der Waals surface area contributed by atoms with Gasteiger partial charge in [0, 0.05) is 17.6 Å². The lowest BCUT2D eigenvalue weighted by Crippen LogP contribution is -2.39. The second-order valence-electron chi connectivity index (χ2n) is 4.69. The molecule has 1 aliphatic heterocycles. The Morgan fingerprint density at radius 2 is 2.17 bits per heavy atom. The van der Waals surface area contributed by atoms with E-state index in [9.17, 15) is 12.8 Å². The first-order valence-electron chi connectivity index (χ1n) is 5.86. The Morgan fingerprint density at radius 1 is 1.44 bits per heavy atom. The lowest BCUT2D eigenvalue weighted by atomic mass is 10.0. The van der Waals surface area contributed by atoms with Crippen molar-refractivity contribution in [3.8, 4) is 0 Å². The number of piperidine rings is 1. The van der Waals surface area contributed by atoms with Gasteiger partial charge >= 0.3 is 0 Å². The molecule has 0 aliphatic carbocycles. The summed E-state index contributed by atoms with van der Waals surface area (Å²) in [4.78, 5) is -0.244. The molecule has 0 bridgehead atoms. The Labute approximate surface area is 115 Å². The van der Waals surface area contributed by atoms with E-state index in [1.54, 1.807) is 0 Å². The van der Waals surface area contributed by atoms with Crippen LogP contribution in [0.25, 0.3) is 0 Å². The zero-order chi connectivity index (χ0) is 13.3. The molecule has 0 amide bonds. The number of rotatable bonds is 2. The van der Waals surface area contributed by atoms with E-state index in [-0.39, 0.29) is 4.90 Å². The van der Waals surface area contributed by atoms with Crippen LogP contribution in [-0.2, 0) is 10.0 Å². The molecule has 0 spiro atoms. The molecule has 2 rings (SSSR count). The van der Waals surface area contributed by atoms with E-state index in [1.165, 1.54) is 22.5 Å². The van der Waals surface area contributed by atoms with Gasteiger partial charge in [0.15, 0.2) is 0 Å². The summed E-state index contributed by atoms with van der Waals surface area (Å²) in [5, 5.41) is 0. The molecule has 100 valence electrons. The average Bonchev–Trinajstić information content (AvgIpc) is 2.32. The van der Waals surface area contributed by atoms with Crippen molar-refractivity contribution in [2.24, 2.45) is 5.92 Å². The minimum Gasteiger partial charge on any atom is -0.207 e. The quantitative estimate of drug-likeness (QED) is 0.833. The number of hydrogen-bond acceptors (Lipinski definition) is 2. The number of nitrogens with zero attached hydrogens (tertiary/aromatic N) is 1. The van der Waals surface area contributed by atoms with Gasteiger partial charge in [0.25, 0.3) is 0 Å². The molecule has 3 nitrogen and oxygen atoms in total. The summed E-state index contributed by atoms with van der Waals surface area (Å²) in [6.45, 7) is 2.95. The molecule has 1 unspecified atom stereocenters. The Hall–Kier alpha value is -0.460. The summed E-state index contributed by atoms with van der Waals surface area (Å²) in [7, 11) is -3.72. The highest BCUT2D eigenvalue weighted by atomic mass is 79.9. The SMILES string of the molecule is CC1CCCN(S(=O)(=O)c2cc(Br)ccc2F)C1. The minimum atomic E-state index is -3.72. The summed E-state index contributed by atoms with van der Waals surface area (Å²) in [5.74, 6) is -0.375. The van der Waals surface area contributed by atoms with Gasteiger partial charge in [-0.2, -0.15) is 4.31 Å². The molecule has 1 fully saturated rings. The van der Waals surface area contributed by atoms with Gasteiger partial charge in [0.1, 0.15) is 10.7 Å². The number of sulfonamides is 1. The van der Waals surface area contributed by atoms with E-state index in [1.807, 2.05) is 6.92 Å². The van der Waals surface area contributed by atoms with E-state index in [0.717, 1.165) is 12.8 Å². The molecule has 1 aromatic rings. The molecular formula is C12H15BrFNO2S. The normalized spacial score (nSPS) is 22.1. The van der Waals surface area contributed by atoms with Crippen molar-refractivity contribution in [1.29, 1.82) is 0 Å². The van der Waals surface area contributed by atoms with Crippen LogP contribution in [0.1, 0.15) is 19.8 Å². The van der Waals surface area contributed by atoms with Gasteiger partial charge in [-0.15, -0.1) is 0 Å². The van der Waals surface area contributed by atoms with Crippen LogP contribution in [-0.4, -0.2) is 25.8 Å². The van der Waals surface area contributed by atoms with E-state index in [4.69, 9.17) is 0 Å². The van der Waals surface area contributed by atoms with Gasteiger partial charge in [0.2, 0.25) is 10.0 Å². The second-order valence-corrected chi connectivity index (χ2v) is 7.51. The molecule has 0 aromatic heterocycles. The van der Waals surface area contributed by atoms with Crippen LogP contribution < -0.4 is 0 Å². The van der Waals surface area contributed by atoms with Gasteiger partial charge in [-0.1, -0.05) is 22.9 Å². The molecule has 18 heavy (non-hydrogen) atoms. The molecule has 0 saturated carbocycles. The number of hydrogen-bond donors (Lipinski definition) is 0. The summed E-state index contributed by atoms with van der Waals surface area (Å²) in [5.41, 5.74) is 0. The Bertz CT molecular complexity index is 547. The third-order valence-electron chi connectivity index (χ3n) is 3.13. The summed E-state index contributed by atoms with van der Waals surface area (Å²) < 4.78 is 40.4. The van der Waals surface area contributed by atoms with Crippen LogP contribution in [0.15, 0.2) is 27.6 Å². The van der Waals surface area contributed by atoms with E-state index in [0.29, 0.717) is 23.5 Å². The first-order chi connectivity index (χ1) is 8.41. The van der Waals surface area contributed by atoms with Crippen molar-refractivity contribution in [3.05, 3.63) is 28.5 Å². The predicted octanol–water partition coefficient (Wildman–Crippen LogP) is 3.01. The highest BCUT2D eigenvalue weighted by molar-refractivity contribution is 9.10. The predicted molar refractivity (Wildman–Crippen MR) is 71.3 cm³/mol. The Morgan fingerprint density at radius 3 is 2.83 bits per heavy atom. The van der Waals surface area contributed by atoms with Crippen LogP contribution in [0.4, 0.5) is 4.39 Å². The fourth-order valence-electron chi connectivity index (χ4n) is 2.18. The van der Waals surface area contributed by atoms with Crippen LogP contribution in [0.3, 0.4) is 0 Å². The van der Waals surface area contributed by atoms with Gasteiger partial charge in [-0.25, -0.2) is 12.8 Å². The maximum atomic E-state index is 13.7. The van der Waals surface area contributed by atoms with Gasteiger partial charge in [-0.3, -0.25) is 0 Å². The third kappa shape index (κ3) is 2.75. The van der Waals surface area contributed by atoms with Crippen LogP contribution in [0.5, 0.6) is 0 Å². The van der Waals surface area contributed by atoms with Crippen molar-refractivity contribution in [1.82, 2.24) is 4.31 Å². The smallest absolute Gasteiger partial charge is 0.207 e. The van der Waals surface area contributed by atoms with Gasteiger partial charge in [0.05, 0.1) is 0 Å². The Balaban J connectivity index is 2.38. The highest BCUT2D eigenvalue weighted by Crippen LogP contribution is 2.27. The van der Waals surface area contributed by atoms with Crippen molar-refractivity contribution >= 4 is 26.0 Å². The molecule has 1 atom stereocenters. The van der Waals surface area contributed by atoms with Crippen LogP contribution in [0, 0.1) is 11.7 Å². The van der Waals surface area contributed by atoms with E-state index < -0.39 is 15.8 Å². The number of benzene rings is 1. The third-order valence-corrected chi connectivity index (χ3v) is 5.50. The van der Waals surface area contributed by atoms with Crippen molar-refractivity contribution in [2.75, 3.05) is 13.1 Å². The standard InChI is InChI=1S/C12H15BrFNO2S/c1-9-3-2-6-15(8-9)18(16,17)12-7-10(13)4-5-11(12)14/h4-5,7,9H,2-3,6,8H2,1H3. The molecule has 0 radical (unpaired) electrons. The summed E-state index contributed by atoms with van der Waals surface area (Å²) >= 11 is 3.18. The minimum absolute atomic E-state index is 0.244. The maximum absolute atomic E-state index is 13.7. The molecule has 1 aliphatic rings. The summed E-state index contributed by atoms with van der Waals surface area (Å²) in [6.07, 6.45) is 1.85. The molecule has 1 heterocycles. The second kappa shape index (κ2) is 5.27. The van der Waals surface area contributed by atoms with E-state index in [2.05, 4.69) is 15.9 Å². The molecule has 0 N–H and O–H groups in total. The largest absolute Gasteiger partial charge is 0.246 e. The van der Waals surface area contributed by atoms with Crippen LogP contribution >= 0.6 is 15.9 Å². The molecular weight excluding hydrogens is 321 g/mol. The van der Waals surface area contributed by atoms with Gasteiger partial charge < -0.3 is 0 Å². The van der Waals surface area contributed by atoms with Gasteiger partial charge in [-0.05, 0) is 37.0 Å². The Kier molecular flexibility index (Phi) is 4.08. The van der Waals surface area contributed by atoms with Crippen molar-refractivity contribution in [2.45, 2.75) is 24.7 Å². The molecule has 1 saturated heterocycles. The molecule has 6 heteroatoms. The lowest BCUT2D eigenvalue weighted by Gasteiger charge is -2.30. The zero-order valence-corrected chi connectivity index (χ0v) is 12.5. The zero-order valence-electron chi connectivity index (χ0n) is 10.1. The van der Waals surface area contributed by atoms with E-state index >= 15 is 0 Å². The fraction of sp³-hybridized carbons (Fsp3) is 0.500. The monoisotopic (exact) mass is 335 g/mol.